The molecule has 0 radical (unpaired) electrons. The van der Waals surface area contributed by atoms with Gasteiger partial charge in [0.05, 0.1) is 22.2 Å². The van der Waals surface area contributed by atoms with E-state index in [2.05, 4.69) is 11.0 Å². The molecule has 3 rings (SSSR count). The minimum Gasteiger partial charge on any atom is -0.370 e. The number of nitriles is 1. The maximum Gasteiger partial charge on any atom is 0.417 e. The zero-order valence-corrected chi connectivity index (χ0v) is 16.7. The second-order valence-electron chi connectivity index (χ2n) is 6.89. The van der Waals surface area contributed by atoms with E-state index in [-0.39, 0.29) is 16.5 Å². The lowest BCUT2D eigenvalue weighted by molar-refractivity contribution is -0.137. The van der Waals surface area contributed by atoms with Crippen LogP contribution in [-0.2, 0) is 11.0 Å². The molecule has 1 fully saturated rings. The van der Waals surface area contributed by atoms with E-state index in [0.29, 0.717) is 25.2 Å². The summed E-state index contributed by atoms with van der Waals surface area (Å²) in [4.78, 5) is 16.4. The van der Waals surface area contributed by atoms with Crippen molar-refractivity contribution in [2.75, 3.05) is 31.1 Å². The third-order valence-electron chi connectivity index (χ3n) is 4.88. The Bertz CT molecular complexity index is 981. The van der Waals surface area contributed by atoms with Crippen molar-refractivity contribution in [3.63, 3.8) is 0 Å². The highest BCUT2D eigenvalue weighted by Gasteiger charge is 2.33. The van der Waals surface area contributed by atoms with Crippen LogP contribution in [0.3, 0.4) is 0 Å². The zero-order chi connectivity index (χ0) is 21.7. The van der Waals surface area contributed by atoms with Crippen LogP contribution < -0.4 is 4.90 Å². The highest BCUT2D eigenvalue weighted by molar-refractivity contribution is 6.31. The number of anilines is 1. The smallest absolute Gasteiger partial charge is 0.370 e. The first-order chi connectivity index (χ1) is 14.3. The monoisotopic (exact) mass is 433 g/mol. The van der Waals surface area contributed by atoms with Crippen molar-refractivity contribution in [2.45, 2.75) is 12.6 Å². The van der Waals surface area contributed by atoms with Gasteiger partial charge in [0.2, 0.25) is 5.91 Å². The molecule has 8 heteroatoms. The topological polar surface area (TPSA) is 47.3 Å². The summed E-state index contributed by atoms with van der Waals surface area (Å²) < 4.78 is 38.9. The van der Waals surface area contributed by atoms with Crippen molar-refractivity contribution in [1.82, 2.24) is 4.90 Å². The van der Waals surface area contributed by atoms with E-state index in [4.69, 9.17) is 16.9 Å². The number of nitrogens with zero attached hydrogens (tertiary/aromatic N) is 3. The summed E-state index contributed by atoms with van der Waals surface area (Å²) in [5.74, 6) is -0.250. The first-order valence-corrected chi connectivity index (χ1v) is 9.74. The molecule has 156 valence electrons. The molecule has 0 atom stereocenters. The van der Waals surface area contributed by atoms with Gasteiger partial charge >= 0.3 is 6.18 Å². The number of amides is 1. The molecule has 1 aliphatic heterocycles. The van der Waals surface area contributed by atoms with E-state index in [1.807, 2.05) is 12.1 Å². The highest BCUT2D eigenvalue weighted by atomic mass is 35.5. The van der Waals surface area contributed by atoms with Crippen molar-refractivity contribution < 1.29 is 18.0 Å². The average Bonchev–Trinajstić information content (AvgIpc) is 2.98. The minimum absolute atomic E-state index is 0.250. The van der Waals surface area contributed by atoms with Gasteiger partial charge < -0.3 is 9.80 Å². The Labute approximate surface area is 177 Å². The molecule has 2 aromatic carbocycles. The number of hydrogen-bond acceptors (Lipinski definition) is 3. The van der Waals surface area contributed by atoms with Gasteiger partial charge in [-0.3, -0.25) is 4.79 Å². The third-order valence-corrected chi connectivity index (χ3v) is 5.21. The molecule has 2 aromatic rings. The molecule has 1 saturated heterocycles. The number of hydrogen-bond donors (Lipinski definition) is 0. The lowest BCUT2D eigenvalue weighted by atomic mass is 10.1. The van der Waals surface area contributed by atoms with Gasteiger partial charge in [-0.2, -0.15) is 18.4 Å². The fraction of sp³-hybridized carbons (Fsp3) is 0.273. The molecule has 0 unspecified atom stereocenters. The molecule has 4 nitrogen and oxygen atoms in total. The van der Waals surface area contributed by atoms with E-state index in [1.165, 1.54) is 24.3 Å². The van der Waals surface area contributed by atoms with E-state index in [0.717, 1.165) is 24.7 Å². The summed E-state index contributed by atoms with van der Waals surface area (Å²) in [6.45, 7) is 2.46. The minimum atomic E-state index is -4.55. The van der Waals surface area contributed by atoms with Crippen LogP contribution in [0.25, 0.3) is 6.08 Å². The number of carbonyl (C=O) groups excluding carboxylic acids is 1. The van der Waals surface area contributed by atoms with E-state index in [1.54, 1.807) is 17.0 Å². The average molecular weight is 434 g/mol. The predicted octanol–water partition coefficient (Wildman–Crippen LogP) is 4.98. The quantitative estimate of drug-likeness (QED) is 0.641. The molecule has 1 heterocycles. The van der Waals surface area contributed by atoms with E-state index < -0.39 is 11.7 Å². The molecule has 0 bridgehead atoms. The van der Waals surface area contributed by atoms with Crippen LogP contribution >= 0.6 is 11.6 Å². The Balaban J connectivity index is 1.64. The van der Waals surface area contributed by atoms with Gasteiger partial charge in [-0.25, -0.2) is 0 Å². The lowest BCUT2D eigenvalue weighted by Gasteiger charge is -2.23. The largest absolute Gasteiger partial charge is 0.417 e. The van der Waals surface area contributed by atoms with Crippen molar-refractivity contribution in [3.05, 3.63) is 70.3 Å². The number of carbonyl (C=O) groups is 1. The lowest BCUT2D eigenvalue weighted by Crippen LogP contribution is -2.34. The van der Waals surface area contributed by atoms with Gasteiger partial charge in [0.1, 0.15) is 0 Å². The second kappa shape index (κ2) is 9.23. The van der Waals surface area contributed by atoms with Gasteiger partial charge in [0.25, 0.3) is 0 Å². The molecule has 1 aliphatic rings. The Morgan fingerprint density at radius 3 is 2.47 bits per heavy atom. The van der Waals surface area contributed by atoms with E-state index >= 15 is 0 Å². The summed E-state index contributed by atoms with van der Waals surface area (Å²) in [6.07, 6.45) is -1.12. The van der Waals surface area contributed by atoms with Crippen LogP contribution in [0.1, 0.15) is 23.1 Å². The molecule has 0 N–H and O–H groups in total. The molecule has 1 amide bonds. The third kappa shape index (κ3) is 5.33. The Morgan fingerprint density at radius 2 is 1.80 bits per heavy atom. The van der Waals surface area contributed by atoms with Crippen LogP contribution in [0.2, 0.25) is 5.02 Å². The van der Waals surface area contributed by atoms with Gasteiger partial charge in [0.15, 0.2) is 0 Å². The molecule has 0 aromatic heterocycles. The van der Waals surface area contributed by atoms with Gasteiger partial charge in [-0.15, -0.1) is 0 Å². The van der Waals surface area contributed by atoms with Crippen LogP contribution in [0.5, 0.6) is 0 Å². The standard InChI is InChI=1S/C22H19ClF3N3O/c23-20-8-4-16(14-19(20)22(24,25)26)5-9-21(30)29-11-1-10-28(12-13-29)18-6-2-17(15-27)3-7-18/h2-9,14H,1,10-13H2/b9-5+. The highest BCUT2D eigenvalue weighted by Crippen LogP contribution is 2.35. The Kier molecular flexibility index (Phi) is 6.68. The molecular formula is C22H19ClF3N3O. The van der Waals surface area contributed by atoms with Gasteiger partial charge in [-0.1, -0.05) is 17.7 Å². The van der Waals surface area contributed by atoms with Crippen molar-refractivity contribution >= 4 is 29.3 Å². The summed E-state index contributed by atoms with van der Waals surface area (Å²) in [5, 5.41) is 8.53. The van der Waals surface area contributed by atoms with E-state index in [9.17, 15) is 18.0 Å². The first-order valence-electron chi connectivity index (χ1n) is 9.37. The number of halogens is 4. The Hall–Kier alpha value is -2.98. The molecule has 30 heavy (non-hydrogen) atoms. The predicted molar refractivity (Wildman–Crippen MR) is 110 cm³/mol. The van der Waals surface area contributed by atoms with Crippen LogP contribution in [0.15, 0.2) is 48.5 Å². The molecule has 0 spiro atoms. The summed E-state index contributed by atoms with van der Waals surface area (Å²) in [6, 6.07) is 12.9. The summed E-state index contributed by atoms with van der Waals surface area (Å²) in [7, 11) is 0. The normalized spacial score (nSPS) is 15.2. The van der Waals surface area contributed by atoms with Gasteiger partial charge in [0, 0.05) is 37.9 Å². The summed E-state index contributed by atoms with van der Waals surface area (Å²) >= 11 is 5.62. The first kappa shape index (κ1) is 21.7. The fourth-order valence-corrected chi connectivity index (χ4v) is 3.50. The maximum atomic E-state index is 13.0. The second-order valence-corrected chi connectivity index (χ2v) is 7.30. The number of alkyl halides is 3. The molecule has 0 saturated carbocycles. The SMILES string of the molecule is N#Cc1ccc(N2CCCN(C(=O)/C=C/c3ccc(Cl)c(C(F)(F)F)c3)CC2)cc1. The molecule has 0 aliphatic carbocycles. The number of benzene rings is 2. The fourth-order valence-electron chi connectivity index (χ4n) is 3.28. The van der Waals surface area contributed by atoms with Crippen molar-refractivity contribution in [2.24, 2.45) is 0 Å². The van der Waals surface area contributed by atoms with Gasteiger partial charge in [-0.05, 0) is 54.5 Å². The number of rotatable bonds is 3. The van der Waals surface area contributed by atoms with Crippen LogP contribution in [-0.4, -0.2) is 37.0 Å². The van der Waals surface area contributed by atoms with Crippen molar-refractivity contribution in [3.8, 4) is 6.07 Å². The van der Waals surface area contributed by atoms with Crippen molar-refractivity contribution in [1.29, 1.82) is 5.26 Å². The summed E-state index contributed by atoms with van der Waals surface area (Å²) in [5.41, 5.74) is 0.909. The van der Waals surface area contributed by atoms with Crippen LogP contribution in [0.4, 0.5) is 18.9 Å². The zero-order valence-electron chi connectivity index (χ0n) is 16.0. The Morgan fingerprint density at radius 1 is 1.07 bits per heavy atom. The molecular weight excluding hydrogens is 415 g/mol. The maximum absolute atomic E-state index is 13.0. The van der Waals surface area contributed by atoms with Crippen LogP contribution in [0, 0.1) is 11.3 Å².